The Bertz CT molecular complexity index is 959. The van der Waals surface area contributed by atoms with Crippen LogP contribution in [0.15, 0.2) is 18.7 Å². The number of fused-ring (bicyclic) bond motifs is 1. The molecular weight excluding hydrogens is 335 g/mol. The summed E-state index contributed by atoms with van der Waals surface area (Å²) >= 11 is 0. The van der Waals surface area contributed by atoms with Gasteiger partial charge in [-0.2, -0.15) is 0 Å². The van der Waals surface area contributed by atoms with Gasteiger partial charge >= 0.3 is 0 Å². The highest BCUT2D eigenvalue weighted by Crippen LogP contribution is 2.41. The van der Waals surface area contributed by atoms with E-state index in [4.69, 9.17) is 0 Å². The van der Waals surface area contributed by atoms with Crippen LogP contribution in [0.1, 0.15) is 30.3 Å². The van der Waals surface area contributed by atoms with Gasteiger partial charge in [0.15, 0.2) is 17.5 Å². The largest absolute Gasteiger partial charge is 0.351 e. The molecule has 0 spiro atoms. The van der Waals surface area contributed by atoms with E-state index in [0.717, 1.165) is 43.2 Å². The monoisotopic (exact) mass is 354 g/mol. The van der Waals surface area contributed by atoms with Crippen LogP contribution < -0.4 is 9.80 Å². The summed E-state index contributed by atoms with van der Waals surface area (Å²) in [5, 5.41) is 8.36. The zero-order chi connectivity index (χ0) is 17.7. The molecule has 1 saturated heterocycles. The number of halogens is 1. The minimum Gasteiger partial charge on any atom is -0.351 e. The molecular formula is C17H19FN8. The van der Waals surface area contributed by atoms with Crippen molar-refractivity contribution in [3.63, 3.8) is 0 Å². The molecule has 3 aromatic heterocycles. The molecule has 0 N–H and O–H groups in total. The Kier molecular flexibility index (Phi) is 3.47. The smallest absolute Gasteiger partial charge is 0.203 e. The summed E-state index contributed by atoms with van der Waals surface area (Å²) in [7, 11) is 0. The Morgan fingerprint density at radius 3 is 2.42 bits per heavy atom. The molecule has 2 aliphatic rings. The van der Waals surface area contributed by atoms with Crippen LogP contribution in [0.3, 0.4) is 0 Å². The van der Waals surface area contributed by atoms with Crippen molar-refractivity contribution in [2.75, 3.05) is 36.0 Å². The lowest BCUT2D eigenvalue weighted by molar-refractivity contribution is 0.566. The molecule has 0 atom stereocenters. The predicted molar refractivity (Wildman–Crippen MR) is 93.9 cm³/mol. The second-order valence-electron chi connectivity index (χ2n) is 6.84. The molecule has 9 heteroatoms. The zero-order valence-electron chi connectivity index (χ0n) is 14.5. The lowest BCUT2D eigenvalue weighted by Crippen LogP contribution is -2.47. The van der Waals surface area contributed by atoms with Crippen molar-refractivity contribution in [3.8, 4) is 0 Å². The molecule has 0 radical (unpaired) electrons. The number of rotatable bonds is 3. The third-order valence-corrected chi connectivity index (χ3v) is 5.12. The molecule has 5 rings (SSSR count). The van der Waals surface area contributed by atoms with E-state index in [1.807, 2.05) is 22.4 Å². The fourth-order valence-corrected chi connectivity index (χ4v) is 3.52. The van der Waals surface area contributed by atoms with Crippen LogP contribution in [-0.2, 0) is 0 Å². The lowest BCUT2D eigenvalue weighted by Gasteiger charge is -2.36. The fourth-order valence-electron chi connectivity index (χ4n) is 3.52. The highest BCUT2D eigenvalue weighted by molar-refractivity contribution is 5.64. The normalized spacial score (nSPS) is 17.9. The van der Waals surface area contributed by atoms with Crippen molar-refractivity contribution in [2.45, 2.75) is 25.7 Å². The summed E-state index contributed by atoms with van der Waals surface area (Å²) < 4.78 is 16.7. The highest BCUT2D eigenvalue weighted by Gasteiger charge is 2.31. The third kappa shape index (κ3) is 2.46. The maximum Gasteiger partial charge on any atom is 0.203 e. The Balaban J connectivity index is 1.37. The number of hydrogen-bond acceptors (Lipinski definition) is 7. The fraction of sp³-hybridized carbons (Fsp3) is 0.471. The van der Waals surface area contributed by atoms with E-state index in [-0.39, 0.29) is 11.7 Å². The minimum atomic E-state index is -0.253. The quantitative estimate of drug-likeness (QED) is 0.707. The van der Waals surface area contributed by atoms with Crippen molar-refractivity contribution in [1.29, 1.82) is 0 Å². The van der Waals surface area contributed by atoms with E-state index in [0.29, 0.717) is 24.6 Å². The molecule has 26 heavy (non-hydrogen) atoms. The summed E-state index contributed by atoms with van der Waals surface area (Å²) in [6, 6.07) is 0. The van der Waals surface area contributed by atoms with Crippen LogP contribution in [0.2, 0.25) is 0 Å². The van der Waals surface area contributed by atoms with Gasteiger partial charge < -0.3 is 9.80 Å². The molecule has 134 valence electrons. The van der Waals surface area contributed by atoms with Crippen LogP contribution in [0, 0.1) is 12.7 Å². The standard InChI is InChI=1S/C17H19FN8/c1-11-22-23-17-16(19-4-5-26(11)17)25-8-6-24(7-9-25)15-13(18)14(12-2-3-12)20-10-21-15/h4-5,10,12H,2-3,6-9H2,1H3. The molecule has 4 heterocycles. The first kappa shape index (κ1) is 15.4. The van der Waals surface area contributed by atoms with Gasteiger partial charge in [-0.25, -0.2) is 19.3 Å². The van der Waals surface area contributed by atoms with Crippen molar-refractivity contribution in [2.24, 2.45) is 0 Å². The second kappa shape index (κ2) is 5.86. The molecule has 0 unspecified atom stereocenters. The topological polar surface area (TPSA) is 75.3 Å². The molecule has 2 fully saturated rings. The lowest BCUT2D eigenvalue weighted by atomic mass is 10.2. The van der Waals surface area contributed by atoms with E-state index in [1.54, 1.807) is 6.20 Å². The minimum absolute atomic E-state index is 0.253. The second-order valence-corrected chi connectivity index (χ2v) is 6.84. The first-order valence-corrected chi connectivity index (χ1v) is 8.89. The first-order valence-electron chi connectivity index (χ1n) is 8.89. The van der Waals surface area contributed by atoms with Crippen molar-refractivity contribution >= 4 is 17.3 Å². The van der Waals surface area contributed by atoms with E-state index in [9.17, 15) is 4.39 Å². The Hall–Kier alpha value is -2.84. The number of anilines is 2. The molecule has 0 aromatic carbocycles. The van der Waals surface area contributed by atoms with Gasteiger partial charge in [0.05, 0.1) is 5.69 Å². The van der Waals surface area contributed by atoms with Gasteiger partial charge in [0, 0.05) is 44.5 Å². The van der Waals surface area contributed by atoms with Gasteiger partial charge in [0.1, 0.15) is 12.2 Å². The van der Waals surface area contributed by atoms with Gasteiger partial charge in [-0.1, -0.05) is 0 Å². The molecule has 0 amide bonds. The summed E-state index contributed by atoms with van der Waals surface area (Å²) in [4.78, 5) is 17.0. The van der Waals surface area contributed by atoms with E-state index in [2.05, 4.69) is 30.0 Å². The van der Waals surface area contributed by atoms with Crippen molar-refractivity contribution in [1.82, 2.24) is 29.5 Å². The number of nitrogens with zero attached hydrogens (tertiary/aromatic N) is 8. The summed E-state index contributed by atoms with van der Waals surface area (Å²) in [6.45, 7) is 4.71. The molecule has 3 aromatic rings. The van der Waals surface area contributed by atoms with Gasteiger partial charge in [0.25, 0.3) is 0 Å². The average molecular weight is 354 g/mol. The maximum atomic E-state index is 14.8. The first-order chi connectivity index (χ1) is 12.7. The molecule has 8 nitrogen and oxygen atoms in total. The highest BCUT2D eigenvalue weighted by atomic mass is 19.1. The Morgan fingerprint density at radius 2 is 1.69 bits per heavy atom. The number of piperazine rings is 1. The van der Waals surface area contributed by atoms with Gasteiger partial charge in [-0.15, -0.1) is 10.2 Å². The van der Waals surface area contributed by atoms with E-state index in [1.165, 1.54) is 6.33 Å². The van der Waals surface area contributed by atoms with Gasteiger partial charge in [-0.3, -0.25) is 4.40 Å². The number of aromatic nitrogens is 6. The van der Waals surface area contributed by atoms with Crippen LogP contribution in [-0.4, -0.2) is 55.7 Å². The molecule has 1 aliphatic carbocycles. The van der Waals surface area contributed by atoms with Gasteiger partial charge in [-0.05, 0) is 19.8 Å². The number of hydrogen-bond donors (Lipinski definition) is 0. The molecule has 0 bridgehead atoms. The average Bonchev–Trinajstić information content (AvgIpc) is 3.45. The van der Waals surface area contributed by atoms with Crippen molar-refractivity contribution < 1.29 is 4.39 Å². The summed E-state index contributed by atoms with van der Waals surface area (Å²) in [5.41, 5.74) is 1.32. The Labute approximate surface area is 149 Å². The predicted octanol–water partition coefficient (Wildman–Crippen LogP) is 1.57. The summed E-state index contributed by atoms with van der Waals surface area (Å²) in [6.07, 6.45) is 7.15. The third-order valence-electron chi connectivity index (χ3n) is 5.12. The van der Waals surface area contributed by atoms with Crippen molar-refractivity contribution in [3.05, 3.63) is 36.1 Å². The maximum absolute atomic E-state index is 14.8. The van der Waals surface area contributed by atoms with Crippen LogP contribution in [0.5, 0.6) is 0 Å². The van der Waals surface area contributed by atoms with E-state index >= 15 is 0 Å². The van der Waals surface area contributed by atoms with Crippen LogP contribution in [0.4, 0.5) is 16.0 Å². The van der Waals surface area contributed by atoms with E-state index < -0.39 is 0 Å². The molecule has 1 aliphatic heterocycles. The zero-order valence-corrected chi connectivity index (χ0v) is 14.5. The Morgan fingerprint density at radius 1 is 0.962 bits per heavy atom. The number of aryl methyl sites for hydroxylation is 1. The molecule has 1 saturated carbocycles. The van der Waals surface area contributed by atoms with Gasteiger partial charge in [0.2, 0.25) is 5.65 Å². The van der Waals surface area contributed by atoms with Crippen LogP contribution >= 0.6 is 0 Å². The summed E-state index contributed by atoms with van der Waals surface area (Å²) in [5.74, 6) is 2.09. The van der Waals surface area contributed by atoms with Crippen LogP contribution in [0.25, 0.3) is 5.65 Å². The SMILES string of the molecule is Cc1nnc2c(N3CCN(c4ncnc(C5CC5)c4F)CC3)nccn12.